The molecule has 0 spiro atoms. The normalized spacial score (nSPS) is 17.3. The van der Waals surface area contributed by atoms with Crippen molar-refractivity contribution < 1.29 is 24.2 Å². The van der Waals surface area contributed by atoms with Crippen LogP contribution in [0.1, 0.15) is 46.2 Å². The van der Waals surface area contributed by atoms with Gasteiger partial charge in [0, 0.05) is 18.5 Å². The summed E-state index contributed by atoms with van der Waals surface area (Å²) < 4.78 is 11.3. The molecule has 1 unspecified atom stereocenters. The summed E-state index contributed by atoms with van der Waals surface area (Å²) in [5, 5.41) is 10.7. The number of aliphatic hydroxyl groups is 1. The van der Waals surface area contributed by atoms with E-state index in [1.807, 2.05) is 38.9 Å². The average Bonchev–Trinajstić information content (AvgIpc) is 2.89. The Hall–Kier alpha value is -2.54. The number of hydrogen-bond donors (Lipinski definition) is 1. The molecule has 0 saturated carbocycles. The van der Waals surface area contributed by atoms with Crippen molar-refractivity contribution in [3.8, 4) is 11.5 Å². The highest BCUT2D eigenvalue weighted by atomic mass is 16.5. The third-order valence-electron chi connectivity index (χ3n) is 4.88. The molecule has 0 fully saturated rings. The van der Waals surface area contributed by atoms with Crippen LogP contribution in [0.5, 0.6) is 11.5 Å². The summed E-state index contributed by atoms with van der Waals surface area (Å²) in [6, 6.07) is 4.67. The van der Waals surface area contributed by atoms with Crippen molar-refractivity contribution in [1.82, 2.24) is 9.80 Å². The number of rotatable bonds is 8. The number of methoxy groups -OCH3 is 1. The Morgan fingerprint density at radius 3 is 2.37 bits per heavy atom. The second kappa shape index (κ2) is 9.08. The molecule has 1 N–H and O–H groups in total. The number of carbonyl (C=O) groups is 2. The van der Waals surface area contributed by atoms with Crippen LogP contribution >= 0.6 is 0 Å². The van der Waals surface area contributed by atoms with E-state index < -0.39 is 23.1 Å². The summed E-state index contributed by atoms with van der Waals surface area (Å²) in [4.78, 5) is 29.6. The minimum absolute atomic E-state index is 0.0311. The van der Waals surface area contributed by atoms with Crippen LogP contribution in [0.2, 0.25) is 0 Å². The fourth-order valence-corrected chi connectivity index (χ4v) is 3.38. The third-order valence-corrected chi connectivity index (χ3v) is 4.88. The molecule has 7 nitrogen and oxygen atoms in total. The van der Waals surface area contributed by atoms with Crippen LogP contribution in [-0.2, 0) is 9.59 Å². The lowest BCUT2D eigenvalue weighted by atomic mass is 9.82. The van der Waals surface area contributed by atoms with E-state index in [4.69, 9.17) is 9.47 Å². The van der Waals surface area contributed by atoms with Gasteiger partial charge in [0.05, 0.1) is 24.8 Å². The second-order valence-electron chi connectivity index (χ2n) is 9.12. The molecule has 0 bridgehead atoms. The number of ketones is 1. The zero-order valence-electron chi connectivity index (χ0n) is 19.3. The first kappa shape index (κ1) is 23.7. The fraction of sp³-hybridized carbons (Fsp3) is 0.565. The lowest BCUT2D eigenvalue weighted by Gasteiger charge is -2.30. The van der Waals surface area contributed by atoms with E-state index in [1.54, 1.807) is 44.9 Å². The van der Waals surface area contributed by atoms with Crippen molar-refractivity contribution in [3.05, 3.63) is 35.1 Å². The second-order valence-corrected chi connectivity index (χ2v) is 9.12. The largest absolute Gasteiger partial charge is 0.503 e. The Labute approximate surface area is 179 Å². The van der Waals surface area contributed by atoms with Gasteiger partial charge >= 0.3 is 0 Å². The van der Waals surface area contributed by atoms with Crippen LogP contribution in [0, 0.1) is 5.41 Å². The molecule has 0 aliphatic carbocycles. The van der Waals surface area contributed by atoms with E-state index in [9.17, 15) is 14.7 Å². The van der Waals surface area contributed by atoms with Gasteiger partial charge in [0.25, 0.3) is 5.91 Å². The predicted octanol–water partition coefficient (Wildman–Crippen LogP) is 3.35. The Bertz CT molecular complexity index is 836. The Morgan fingerprint density at radius 1 is 1.23 bits per heavy atom. The SMILES string of the molecule is COc1cc(C2C(C(=O)C(C)(C)C)=C(O)C(=O)N2CCN(C)C)ccc1OC(C)C. The van der Waals surface area contributed by atoms with Crippen molar-refractivity contribution in [2.45, 2.75) is 46.8 Å². The number of likely N-dealkylation sites (N-methyl/N-ethyl adjacent to an activating group) is 1. The van der Waals surface area contributed by atoms with Gasteiger partial charge < -0.3 is 24.4 Å². The quantitative estimate of drug-likeness (QED) is 0.697. The number of nitrogens with zero attached hydrogens (tertiary/aromatic N) is 2. The number of Topliss-reactive ketones (excluding diaryl/α,β-unsaturated/α-hetero) is 1. The van der Waals surface area contributed by atoms with Gasteiger partial charge in [-0.3, -0.25) is 9.59 Å². The van der Waals surface area contributed by atoms with E-state index in [-0.39, 0.29) is 17.5 Å². The van der Waals surface area contributed by atoms with Crippen molar-refractivity contribution in [2.24, 2.45) is 5.41 Å². The van der Waals surface area contributed by atoms with Gasteiger partial charge in [0.2, 0.25) is 0 Å². The molecule has 1 heterocycles. The zero-order valence-corrected chi connectivity index (χ0v) is 19.3. The summed E-state index contributed by atoms with van der Waals surface area (Å²) in [7, 11) is 5.36. The molecule has 30 heavy (non-hydrogen) atoms. The van der Waals surface area contributed by atoms with Crippen LogP contribution < -0.4 is 9.47 Å². The van der Waals surface area contributed by atoms with Gasteiger partial charge in [-0.25, -0.2) is 0 Å². The van der Waals surface area contributed by atoms with Gasteiger partial charge in [-0.1, -0.05) is 26.8 Å². The average molecular weight is 419 g/mol. The van der Waals surface area contributed by atoms with Crippen molar-refractivity contribution in [1.29, 1.82) is 0 Å². The number of hydrogen-bond acceptors (Lipinski definition) is 6. The predicted molar refractivity (Wildman–Crippen MR) is 116 cm³/mol. The highest BCUT2D eigenvalue weighted by Gasteiger charge is 2.46. The maximum atomic E-state index is 13.2. The zero-order chi connectivity index (χ0) is 22.8. The topological polar surface area (TPSA) is 79.3 Å². The minimum atomic E-state index is -0.746. The summed E-state index contributed by atoms with van der Waals surface area (Å²) in [6.45, 7) is 10.1. The highest BCUT2D eigenvalue weighted by Crippen LogP contribution is 2.43. The lowest BCUT2D eigenvalue weighted by molar-refractivity contribution is -0.129. The van der Waals surface area contributed by atoms with Crippen LogP contribution in [0.15, 0.2) is 29.5 Å². The molecular weight excluding hydrogens is 384 g/mol. The molecule has 2 rings (SSSR count). The first-order chi connectivity index (χ1) is 13.9. The molecule has 1 aliphatic rings. The molecule has 1 aromatic carbocycles. The van der Waals surface area contributed by atoms with E-state index in [1.165, 1.54) is 0 Å². The highest BCUT2D eigenvalue weighted by molar-refractivity contribution is 6.10. The Balaban J connectivity index is 2.59. The molecule has 7 heteroatoms. The summed E-state index contributed by atoms with van der Waals surface area (Å²) in [6.07, 6.45) is -0.0311. The molecule has 1 amide bonds. The Kier molecular flexibility index (Phi) is 7.18. The summed E-state index contributed by atoms with van der Waals surface area (Å²) >= 11 is 0. The first-order valence-electron chi connectivity index (χ1n) is 10.2. The lowest BCUT2D eigenvalue weighted by Crippen LogP contribution is -2.37. The monoisotopic (exact) mass is 418 g/mol. The number of amides is 1. The summed E-state index contributed by atoms with van der Waals surface area (Å²) in [5.41, 5.74) is 0.0713. The number of ether oxygens (including phenoxy) is 2. The Morgan fingerprint density at radius 2 is 1.87 bits per heavy atom. The molecule has 0 aromatic heterocycles. The van der Waals surface area contributed by atoms with Crippen LogP contribution in [0.3, 0.4) is 0 Å². The van der Waals surface area contributed by atoms with Gasteiger partial charge in [-0.05, 0) is 45.6 Å². The van der Waals surface area contributed by atoms with Gasteiger partial charge in [0.15, 0.2) is 23.0 Å². The standard InChI is InChI=1S/C23H34N2O5/c1-14(2)30-16-10-9-15(13-17(16)29-8)19-18(21(27)23(3,4)5)20(26)22(28)25(19)12-11-24(6)7/h9-10,13-14,19,26H,11-12H2,1-8H3. The maximum absolute atomic E-state index is 13.2. The van der Waals surface area contributed by atoms with E-state index in [2.05, 4.69) is 0 Å². The van der Waals surface area contributed by atoms with Crippen molar-refractivity contribution >= 4 is 11.7 Å². The molecule has 0 radical (unpaired) electrons. The third kappa shape index (κ3) is 4.95. The van der Waals surface area contributed by atoms with Crippen molar-refractivity contribution in [3.63, 3.8) is 0 Å². The van der Waals surface area contributed by atoms with Crippen molar-refractivity contribution in [2.75, 3.05) is 34.3 Å². The van der Waals surface area contributed by atoms with E-state index in [0.29, 0.717) is 30.2 Å². The smallest absolute Gasteiger partial charge is 0.290 e. The number of benzene rings is 1. The first-order valence-corrected chi connectivity index (χ1v) is 10.2. The van der Waals surface area contributed by atoms with Gasteiger partial charge in [-0.2, -0.15) is 0 Å². The fourth-order valence-electron chi connectivity index (χ4n) is 3.38. The molecule has 166 valence electrons. The summed E-state index contributed by atoms with van der Waals surface area (Å²) in [5.74, 6) is -0.171. The van der Waals surface area contributed by atoms with Gasteiger partial charge in [-0.15, -0.1) is 0 Å². The van der Waals surface area contributed by atoms with Crippen LogP contribution in [0.25, 0.3) is 0 Å². The number of carbonyl (C=O) groups excluding carboxylic acids is 2. The van der Waals surface area contributed by atoms with Crippen LogP contribution in [-0.4, -0.2) is 67.0 Å². The van der Waals surface area contributed by atoms with E-state index >= 15 is 0 Å². The molecule has 1 aromatic rings. The maximum Gasteiger partial charge on any atom is 0.290 e. The minimum Gasteiger partial charge on any atom is -0.503 e. The number of aliphatic hydroxyl groups excluding tert-OH is 1. The molecule has 1 aliphatic heterocycles. The van der Waals surface area contributed by atoms with Gasteiger partial charge in [0.1, 0.15) is 0 Å². The molecule has 0 saturated heterocycles. The van der Waals surface area contributed by atoms with Crippen LogP contribution in [0.4, 0.5) is 0 Å². The molecule has 1 atom stereocenters. The molecular formula is C23H34N2O5. The van der Waals surface area contributed by atoms with E-state index in [0.717, 1.165) is 0 Å².